The van der Waals surface area contributed by atoms with E-state index in [0.29, 0.717) is 65.4 Å². The molecule has 244 valence electrons. The summed E-state index contributed by atoms with van der Waals surface area (Å²) in [5.41, 5.74) is 4.77. The fourth-order valence-electron chi connectivity index (χ4n) is 6.12. The van der Waals surface area contributed by atoms with Crippen LogP contribution in [0.2, 0.25) is 0 Å². The molecule has 10 nitrogen and oxygen atoms in total. The Bertz CT molecular complexity index is 2230. The molecule has 1 fully saturated rings. The van der Waals surface area contributed by atoms with Crippen LogP contribution in [0.15, 0.2) is 90.2 Å². The van der Waals surface area contributed by atoms with Gasteiger partial charge in [0.15, 0.2) is 5.65 Å². The Labute approximate surface area is 276 Å². The summed E-state index contributed by atoms with van der Waals surface area (Å²) >= 11 is 0. The number of rotatable bonds is 6. The van der Waals surface area contributed by atoms with Crippen molar-refractivity contribution in [1.29, 1.82) is 0 Å². The number of nitrogens with one attached hydrogen (secondary N) is 1. The first kappa shape index (κ1) is 31.2. The number of nitrogens with zero attached hydrogens (tertiary/aromatic N) is 5. The third-order valence-corrected chi connectivity index (χ3v) is 8.75. The normalized spacial score (nSPS) is 13.7. The average molecular weight is 647 g/mol. The van der Waals surface area contributed by atoms with Crippen molar-refractivity contribution in [3.05, 3.63) is 118 Å². The van der Waals surface area contributed by atoms with Crippen LogP contribution in [0, 0.1) is 5.82 Å². The molecule has 0 spiro atoms. The minimum Gasteiger partial charge on any atom is -0.392 e. The Morgan fingerprint density at radius 3 is 2.56 bits per heavy atom. The number of hydrogen-bond acceptors (Lipinski definition) is 7. The SMILES string of the molecule is CC(C)(C)c1cc(F)c2c(=O)n(-c3cccc(-c4cc(Nc5ccc(C(=O)N6CCOCC6)cc5)c5nccn5c4)c3CO)ncc2c1. The fourth-order valence-corrected chi connectivity index (χ4v) is 6.12. The number of carbonyl (C=O) groups excluding carboxylic acids is 1. The van der Waals surface area contributed by atoms with Gasteiger partial charge in [-0.3, -0.25) is 9.59 Å². The summed E-state index contributed by atoms with van der Waals surface area (Å²) in [6.45, 7) is 7.76. The van der Waals surface area contributed by atoms with Crippen LogP contribution in [0.3, 0.4) is 0 Å². The van der Waals surface area contributed by atoms with Crippen molar-refractivity contribution in [2.75, 3.05) is 31.6 Å². The second kappa shape index (κ2) is 12.3. The minimum absolute atomic E-state index is 0.0312. The van der Waals surface area contributed by atoms with E-state index in [1.54, 1.807) is 41.4 Å². The molecule has 48 heavy (non-hydrogen) atoms. The van der Waals surface area contributed by atoms with Crippen LogP contribution < -0.4 is 10.9 Å². The highest BCUT2D eigenvalue weighted by atomic mass is 19.1. The van der Waals surface area contributed by atoms with Crippen molar-refractivity contribution in [3.8, 4) is 16.8 Å². The Balaban J connectivity index is 1.26. The summed E-state index contributed by atoms with van der Waals surface area (Å²) in [5, 5.41) is 18.9. The van der Waals surface area contributed by atoms with E-state index in [-0.39, 0.29) is 16.7 Å². The molecule has 11 heteroatoms. The van der Waals surface area contributed by atoms with Crippen molar-refractivity contribution < 1.29 is 19.0 Å². The predicted octanol–water partition coefficient (Wildman–Crippen LogP) is 5.85. The molecule has 6 aromatic rings. The topological polar surface area (TPSA) is 114 Å². The van der Waals surface area contributed by atoms with Crippen molar-refractivity contribution >= 4 is 33.7 Å². The maximum atomic E-state index is 15.4. The number of ether oxygens (including phenoxy) is 1. The molecule has 1 aliphatic rings. The highest BCUT2D eigenvalue weighted by molar-refractivity contribution is 5.95. The first-order valence-corrected chi connectivity index (χ1v) is 15.8. The zero-order chi connectivity index (χ0) is 33.6. The molecule has 0 radical (unpaired) electrons. The summed E-state index contributed by atoms with van der Waals surface area (Å²) in [5.74, 6) is -0.642. The Hall–Kier alpha value is -5.39. The number of amides is 1. The number of aliphatic hydroxyl groups excluding tert-OH is 1. The lowest BCUT2D eigenvalue weighted by molar-refractivity contribution is 0.0303. The van der Waals surface area contributed by atoms with Gasteiger partial charge in [0, 0.05) is 59.4 Å². The fraction of sp³-hybridized carbons (Fsp3) is 0.243. The highest BCUT2D eigenvalue weighted by Gasteiger charge is 2.22. The molecule has 0 aliphatic carbocycles. The summed E-state index contributed by atoms with van der Waals surface area (Å²) in [6, 6.07) is 17.7. The Morgan fingerprint density at radius 1 is 1.06 bits per heavy atom. The summed E-state index contributed by atoms with van der Waals surface area (Å²) in [7, 11) is 0. The van der Waals surface area contributed by atoms with Gasteiger partial charge >= 0.3 is 0 Å². The number of pyridine rings is 1. The number of aromatic nitrogens is 4. The lowest BCUT2D eigenvalue weighted by Gasteiger charge is -2.26. The van der Waals surface area contributed by atoms with E-state index in [1.165, 1.54) is 12.3 Å². The van der Waals surface area contributed by atoms with Gasteiger partial charge in [-0.2, -0.15) is 9.78 Å². The second-order valence-electron chi connectivity index (χ2n) is 12.9. The molecule has 0 saturated carbocycles. The maximum Gasteiger partial charge on any atom is 0.282 e. The van der Waals surface area contributed by atoms with Crippen molar-refractivity contribution in [2.45, 2.75) is 32.8 Å². The molecule has 7 rings (SSSR count). The van der Waals surface area contributed by atoms with Gasteiger partial charge in [-0.25, -0.2) is 9.37 Å². The zero-order valence-electron chi connectivity index (χ0n) is 26.9. The van der Waals surface area contributed by atoms with E-state index < -0.39 is 18.0 Å². The maximum absolute atomic E-state index is 15.4. The molecule has 3 aromatic heterocycles. The summed E-state index contributed by atoms with van der Waals surface area (Å²) < 4.78 is 23.8. The van der Waals surface area contributed by atoms with Gasteiger partial charge in [0.05, 0.1) is 42.8 Å². The molecule has 1 aliphatic heterocycles. The van der Waals surface area contributed by atoms with Gasteiger partial charge in [-0.1, -0.05) is 32.9 Å². The number of imidazole rings is 1. The predicted molar refractivity (Wildman–Crippen MR) is 183 cm³/mol. The first-order chi connectivity index (χ1) is 23.1. The van der Waals surface area contributed by atoms with E-state index >= 15 is 4.39 Å². The van der Waals surface area contributed by atoms with Gasteiger partial charge in [0.25, 0.3) is 11.5 Å². The van der Waals surface area contributed by atoms with Crippen LogP contribution >= 0.6 is 0 Å². The third-order valence-electron chi connectivity index (χ3n) is 8.75. The third kappa shape index (κ3) is 5.71. The first-order valence-electron chi connectivity index (χ1n) is 15.8. The van der Waals surface area contributed by atoms with E-state index in [9.17, 15) is 14.7 Å². The zero-order valence-corrected chi connectivity index (χ0v) is 26.9. The largest absolute Gasteiger partial charge is 0.392 e. The van der Waals surface area contributed by atoms with Gasteiger partial charge in [0.2, 0.25) is 0 Å². The minimum atomic E-state index is -0.611. The molecule has 3 aromatic carbocycles. The molecule has 1 saturated heterocycles. The Kier molecular flexibility index (Phi) is 8.02. The van der Waals surface area contributed by atoms with E-state index in [4.69, 9.17) is 4.74 Å². The molecule has 0 bridgehead atoms. The number of morpholine rings is 1. The number of fused-ring (bicyclic) bond motifs is 2. The molecule has 1 amide bonds. The number of halogens is 1. The number of hydrogen-bond donors (Lipinski definition) is 2. The molecule has 2 N–H and O–H groups in total. The summed E-state index contributed by atoms with van der Waals surface area (Å²) in [4.78, 5) is 32.9. The van der Waals surface area contributed by atoms with Crippen LogP contribution in [0.1, 0.15) is 42.3 Å². The van der Waals surface area contributed by atoms with Gasteiger partial charge in [0.1, 0.15) is 5.82 Å². The quantitative estimate of drug-likeness (QED) is 0.234. The van der Waals surface area contributed by atoms with Crippen LogP contribution in [0.4, 0.5) is 15.8 Å². The molecule has 0 unspecified atom stereocenters. The molecular formula is C37H35FN6O4. The second-order valence-corrected chi connectivity index (χ2v) is 12.9. The standard InChI is InChI=1S/C37H35FN6O4/c1-37(2,3)26-17-24-20-40-44(36(47)33(24)30(38)19-26)32-6-4-5-28(29(32)22-45)25-18-31(34-39-11-12-43(34)21-25)41-27-9-7-23(8-10-27)35(46)42-13-15-48-16-14-42/h4-12,17-21,41,45H,13-16,22H2,1-3H3. The van der Waals surface area contributed by atoms with Crippen molar-refractivity contribution in [3.63, 3.8) is 0 Å². The van der Waals surface area contributed by atoms with E-state index in [0.717, 1.165) is 21.5 Å². The van der Waals surface area contributed by atoms with Crippen LogP contribution in [0.25, 0.3) is 33.2 Å². The monoisotopic (exact) mass is 646 g/mol. The molecular weight excluding hydrogens is 611 g/mol. The number of aliphatic hydroxyl groups is 1. The van der Waals surface area contributed by atoms with Gasteiger partial charge in [-0.15, -0.1) is 0 Å². The van der Waals surface area contributed by atoms with Crippen molar-refractivity contribution in [1.82, 2.24) is 24.1 Å². The van der Waals surface area contributed by atoms with Gasteiger partial charge < -0.3 is 24.5 Å². The van der Waals surface area contributed by atoms with Crippen LogP contribution in [-0.2, 0) is 16.8 Å². The molecule has 0 atom stereocenters. The van der Waals surface area contributed by atoms with Crippen molar-refractivity contribution in [2.24, 2.45) is 0 Å². The number of anilines is 2. The highest BCUT2D eigenvalue weighted by Crippen LogP contribution is 2.33. The number of carbonyl (C=O) groups is 1. The molecule has 4 heterocycles. The average Bonchev–Trinajstić information content (AvgIpc) is 3.57. The van der Waals surface area contributed by atoms with Crippen LogP contribution in [0.5, 0.6) is 0 Å². The summed E-state index contributed by atoms with van der Waals surface area (Å²) in [6.07, 6.45) is 6.89. The van der Waals surface area contributed by atoms with E-state index in [2.05, 4.69) is 15.4 Å². The lowest BCUT2D eigenvalue weighted by atomic mass is 9.86. The number of benzene rings is 3. The van der Waals surface area contributed by atoms with Gasteiger partial charge in [-0.05, 0) is 65.1 Å². The van der Waals surface area contributed by atoms with E-state index in [1.807, 2.05) is 61.8 Å². The lowest BCUT2D eigenvalue weighted by Crippen LogP contribution is -2.40. The Morgan fingerprint density at radius 2 is 1.83 bits per heavy atom. The smallest absolute Gasteiger partial charge is 0.282 e. The van der Waals surface area contributed by atoms with Crippen LogP contribution in [-0.4, -0.2) is 61.4 Å².